The molecule has 0 bridgehead atoms. The summed E-state index contributed by atoms with van der Waals surface area (Å²) in [4.78, 5) is 0. The van der Waals surface area contributed by atoms with Crippen molar-refractivity contribution in [1.29, 1.82) is 5.26 Å². The smallest absolute Gasteiger partial charge is 0.135 e. The molecule has 12 heavy (non-hydrogen) atoms. The minimum absolute atomic E-state index is 0.00454. The van der Waals surface area contributed by atoms with E-state index in [0.717, 1.165) is 6.42 Å². The molecule has 1 aliphatic heterocycles. The zero-order valence-electron chi connectivity index (χ0n) is 7.92. The molecule has 1 heterocycles. The van der Waals surface area contributed by atoms with Crippen molar-refractivity contribution in [3.8, 4) is 6.07 Å². The highest BCUT2D eigenvalue weighted by molar-refractivity contribution is 5.14. The number of nitriles is 1. The zero-order valence-corrected chi connectivity index (χ0v) is 7.92. The van der Waals surface area contributed by atoms with Crippen LogP contribution < -0.4 is 5.32 Å². The van der Waals surface area contributed by atoms with E-state index >= 15 is 0 Å². The molecule has 68 valence electrons. The molecule has 1 rings (SSSR count). The molecule has 1 saturated heterocycles. The third-order valence-electron chi connectivity index (χ3n) is 2.30. The van der Waals surface area contributed by atoms with Crippen LogP contribution in [0.5, 0.6) is 0 Å². The SMILES string of the molecule is CC(C)NC1(C#N)CCOC1C. The molecule has 0 saturated carbocycles. The Morgan fingerprint density at radius 2 is 2.33 bits per heavy atom. The molecule has 3 heteroatoms. The van der Waals surface area contributed by atoms with E-state index in [4.69, 9.17) is 10.00 Å². The maximum atomic E-state index is 9.04. The summed E-state index contributed by atoms with van der Waals surface area (Å²) in [7, 11) is 0. The number of rotatable bonds is 2. The summed E-state index contributed by atoms with van der Waals surface area (Å²) in [5.41, 5.74) is -0.450. The lowest BCUT2D eigenvalue weighted by molar-refractivity contribution is 0.0964. The maximum Gasteiger partial charge on any atom is 0.135 e. The highest BCUT2D eigenvalue weighted by atomic mass is 16.5. The fraction of sp³-hybridized carbons (Fsp3) is 0.889. The summed E-state index contributed by atoms with van der Waals surface area (Å²) in [6.07, 6.45) is 0.799. The predicted molar refractivity (Wildman–Crippen MR) is 46.6 cm³/mol. The van der Waals surface area contributed by atoms with Crippen molar-refractivity contribution in [1.82, 2.24) is 5.32 Å². The number of nitrogens with one attached hydrogen (secondary N) is 1. The molecule has 0 radical (unpaired) electrons. The lowest BCUT2D eigenvalue weighted by Crippen LogP contribution is -2.52. The summed E-state index contributed by atoms with van der Waals surface area (Å²) in [5, 5.41) is 12.3. The third-order valence-corrected chi connectivity index (χ3v) is 2.30. The molecule has 0 spiro atoms. The molecule has 0 aromatic heterocycles. The number of hydrogen-bond acceptors (Lipinski definition) is 3. The Morgan fingerprint density at radius 3 is 2.67 bits per heavy atom. The first-order valence-corrected chi connectivity index (χ1v) is 4.41. The topological polar surface area (TPSA) is 45.0 Å². The van der Waals surface area contributed by atoms with Crippen LogP contribution >= 0.6 is 0 Å². The monoisotopic (exact) mass is 168 g/mol. The Balaban J connectivity index is 2.69. The van der Waals surface area contributed by atoms with Crippen LogP contribution in [0.3, 0.4) is 0 Å². The summed E-state index contributed by atoms with van der Waals surface area (Å²) >= 11 is 0. The molecule has 2 atom stereocenters. The van der Waals surface area contributed by atoms with E-state index in [-0.39, 0.29) is 6.10 Å². The van der Waals surface area contributed by atoms with Crippen LogP contribution in [0, 0.1) is 11.3 Å². The van der Waals surface area contributed by atoms with Gasteiger partial charge in [-0.05, 0) is 20.8 Å². The van der Waals surface area contributed by atoms with Gasteiger partial charge in [0.25, 0.3) is 0 Å². The number of ether oxygens (including phenoxy) is 1. The normalized spacial score (nSPS) is 35.4. The molecule has 1 N–H and O–H groups in total. The van der Waals surface area contributed by atoms with Gasteiger partial charge in [0.2, 0.25) is 0 Å². The first-order chi connectivity index (χ1) is 5.60. The van der Waals surface area contributed by atoms with Gasteiger partial charge in [-0.15, -0.1) is 0 Å². The molecule has 0 aliphatic carbocycles. The van der Waals surface area contributed by atoms with E-state index in [1.807, 2.05) is 20.8 Å². The number of nitrogens with zero attached hydrogens (tertiary/aromatic N) is 1. The fourth-order valence-corrected chi connectivity index (χ4v) is 1.63. The van der Waals surface area contributed by atoms with Crippen LogP contribution in [0.1, 0.15) is 27.2 Å². The van der Waals surface area contributed by atoms with Gasteiger partial charge in [-0.1, -0.05) is 0 Å². The van der Waals surface area contributed by atoms with Gasteiger partial charge < -0.3 is 4.74 Å². The van der Waals surface area contributed by atoms with E-state index < -0.39 is 5.54 Å². The van der Waals surface area contributed by atoms with Gasteiger partial charge >= 0.3 is 0 Å². The molecular formula is C9H16N2O. The average Bonchev–Trinajstić information content (AvgIpc) is 2.32. The summed E-state index contributed by atoms with van der Waals surface area (Å²) in [6.45, 7) is 6.73. The van der Waals surface area contributed by atoms with Crippen LogP contribution in [0.15, 0.2) is 0 Å². The summed E-state index contributed by atoms with van der Waals surface area (Å²) in [6, 6.07) is 2.65. The minimum Gasteiger partial charge on any atom is -0.375 e. The van der Waals surface area contributed by atoms with Crippen molar-refractivity contribution >= 4 is 0 Å². The van der Waals surface area contributed by atoms with Crippen LogP contribution in [0.25, 0.3) is 0 Å². The Labute approximate surface area is 73.7 Å². The van der Waals surface area contributed by atoms with Gasteiger partial charge in [0.1, 0.15) is 5.54 Å². The largest absolute Gasteiger partial charge is 0.375 e. The average molecular weight is 168 g/mol. The predicted octanol–water partition coefficient (Wildman–Crippen LogP) is 1.06. The van der Waals surface area contributed by atoms with Crippen LogP contribution in [-0.2, 0) is 4.74 Å². The molecule has 3 nitrogen and oxygen atoms in total. The minimum atomic E-state index is -0.450. The first-order valence-electron chi connectivity index (χ1n) is 4.41. The molecule has 0 amide bonds. The highest BCUT2D eigenvalue weighted by Gasteiger charge is 2.41. The van der Waals surface area contributed by atoms with Crippen molar-refractivity contribution in [3.05, 3.63) is 0 Å². The molecule has 0 aromatic rings. The molecule has 0 aromatic carbocycles. The Kier molecular flexibility index (Phi) is 2.71. The van der Waals surface area contributed by atoms with E-state index in [2.05, 4.69) is 11.4 Å². The van der Waals surface area contributed by atoms with Crippen molar-refractivity contribution in [2.75, 3.05) is 6.61 Å². The zero-order chi connectivity index (χ0) is 9.19. The van der Waals surface area contributed by atoms with E-state index in [0.29, 0.717) is 12.6 Å². The molecule has 1 aliphatic rings. The van der Waals surface area contributed by atoms with Crippen molar-refractivity contribution in [2.45, 2.75) is 44.9 Å². The third kappa shape index (κ3) is 1.60. The van der Waals surface area contributed by atoms with Crippen molar-refractivity contribution in [3.63, 3.8) is 0 Å². The van der Waals surface area contributed by atoms with E-state index in [1.54, 1.807) is 0 Å². The fourth-order valence-electron chi connectivity index (χ4n) is 1.63. The molecular weight excluding hydrogens is 152 g/mol. The summed E-state index contributed by atoms with van der Waals surface area (Å²) < 4.78 is 5.38. The second-order valence-electron chi connectivity index (χ2n) is 3.65. The van der Waals surface area contributed by atoms with E-state index in [9.17, 15) is 0 Å². The van der Waals surface area contributed by atoms with Gasteiger partial charge in [0.15, 0.2) is 0 Å². The lowest BCUT2D eigenvalue weighted by atomic mass is 9.93. The van der Waals surface area contributed by atoms with Gasteiger partial charge in [0, 0.05) is 19.1 Å². The Morgan fingerprint density at radius 1 is 1.67 bits per heavy atom. The second kappa shape index (κ2) is 3.42. The van der Waals surface area contributed by atoms with Crippen LogP contribution in [-0.4, -0.2) is 24.3 Å². The molecule has 2 unspecified atom stereocenters. The van der Waals surface area contributed by atoms with Gasteiger partial charge in [-0.3, -0.25) is 5.32 Å². The number of hydrogen-bond donors (Lipinski definition) is 1. The quantitative estimate of drug-likeness (QED) is 0.670. The van der Waals surface area contributed by atoms with Gasteiger partial charge in [-0.25, -0.2) is 0 Å². The van der Waals surface area contributed by atoms with Crippen molar-refractivity contribution < 1.29 is 4.74 Å². The Bertz CT molecular complexity index is 197. The Hall–Kier alpha value is -0.590. The highest BCUT2D eigenvalue weighted by Crippen LogP contribution is 2.25. The van der Waals surface area contributed by atoms with Crippen LogP contribution in [0.4, 0.5) is 0 Å². The first kappa shape index (κ1) is 9.50. The van der Waals surface area contributed by atoms with E-state index in [1.165, 1.54) is 0 Å². The van der Waals surface area contributed by atoms with Crippen molar-refractivity contribution in [2.24, 2.45) is 0 Å². The lowest BCUT2D eigenvalue weighted by Gasteiger charge is -2.27. The van der Waals surface area contributed by atoms with Gasteiger partial charge in [-0.2, -0.15) is 5.26 Å². The molecule has 1 fully saturated rings. The van der Waals surface area contributed by atoms with Crippen LogP contribution in [0.2, 0.25) is 0 Å². The second-order valence-corrected chi connectivity index (χ2v) is 3.65. The maximum absolute atomic E-state index is 9.04. The van der Waals surface area contributed by atoms with Gasteiger partial charge in [0.05, 0.1) is 12.2 Å². The standard InChI is InChI=1S/C9H16N2O/c1-7(2)11-9(6-10)4-5-12-8(9)3/h7-8,11H,4-5H2,1-3H3. The summed E-state index contributed by atoms with van der Waals surface area (Å²) in [5.74, 6) is 0.